The summed E-state index contributed by atoms with van der Waals surface area (Å²) in [5, 5.41) is 2.32. The van der Waals surface area contributed by atoms with Crippen molar-refractivity contribution < 1.29 is 9.59 Å². The first-order valence-corrected chi connectivity index (χ1v) is 8.70. The molecule has 1 atom stereocenters. The van der Waals surface area contributed by atoms with Crippen LogP contribution in [0.4, 0.5) is 0 Å². The molecule has 4 rings (SSSR count). The molecule has 7 heteroatoms. The Bertz CT molecular complexity index is 1090. The highest BCUT2D eigenvalue weighted by atomic mass is 35.5. The maximum Gasteiger partial charge on any atom is 0.231 e. The molecule has 1 aromatic carbocycles. The number of pyridine rings is 1. The summed E-state index contributed by atoms with van der Waals surface area (Å²) in [6.45, 7) is 3.72. The second kappa shape index (κ2) is 5.20. The number of nitrogens with one attached hydrogen (secondary N) is 1. The molecule has 1 unspecified atom stereocenters. The Morgan fingerprint density at radius 2 is 2.08 bits per heavy atom. The van der Waals surface area contributed by atoms with Gasteiger partial charge in [0.15, 0.2) is 0 Å². The molecule has 2 aromatic heterocycles. The third kappa shape index (κ3) is 1.90. The van der Waals surface area contributed by atoms with Crippen molar-refractivity contribution in [2.75, 3.05) is 7.05 Å². The first-order valence-electron chi connectivity index (χ1n) is 8.32. The normalized spacial score (nSPS) is 22.5. The van der Waals surface area contributed by atoms with Gasteiger partial charge in [-0.2, -0.15) is 0 Å². The molecule has 26 heavy (non-hydrogen) atoms. The van der Waals surface area contributed by atoms with Gasteiger partial charge < -0.3 is 15.6 Å². The van der Waals surface area contributed by atoms with Crippen molar-refractivity contribution in [2.24, 2.45) is 5.73 Å². The fraction of sp³-hybridized carbons (Fsp3) is 0.316. The summed E-state index contributed by atoms with van der Waals surface area (Å²) in [5.74, 6) is -0.666. The van der Waals surface area contributed by atoms with E-state index in [4.69, 9.17) is 17.3 Å². The van der Waals surface area contributed by atoms with Crippen molar-refractivity contribution >= 4 is 45.2 Å². The van der Waals surface area contributed by atoms with Crippen LogP contribution in [0.25, 0.3) is 21.8 Å². The highest BCUT2D eigenvalue weighted by molar-refractivity contribution is 6.32. The van der Waals surface area contributed by atoms with Gasteiger partial charge in [-0.1, -0.05) is 11.6 Å². The van der Waals surface area contributed by atoms with Crippen molar-refractivity contribution in [1.29, 1.82) is 0 Å². The lowest BCUT2D eigenvalue weighted by Gasteiger charge is -2.41. The number of aromatic nitrogens is 2. The first-order chi connectivity index (χ1) is 12.2. The molecule has 1 aliphatic rings. The Hall–Kier alpha value is -2.60. The molecule has 3 heterocycles. The van der Waals surface area contributed by atoms with Crippen molar-refractivity contribution in [3.05, 3.63) is 41.2 Å². The number of aromatic amines is 1. The van der Waals surface area contributed by atoms with Gasteiger partial charge in [0.05, 0.1) is 22.8 Å². The number of hydrogen-bond donors (Lipinski definition) is 2. The molecule has 1 fully saturated rings. The number of carbonyl (C=O) groups is 2. The number of likely N-dealkylation sites (N-methyl/N-ethyl adjacent to an activating group) is 1. The minimum absolute atomic E-state index is 0.00882. The van der Waals surface area contributed by atoms with E-state index in [0.29, 0.717) is 10.6 Å². The fourth-order valence-corrected chi connectivity index (χ4v) is 4.48. The number of halogens is 1. The van der Waals surface area contributed by atoms with E-state index >= 15 is 0 Å². The van der Waals surface area contributed by atoms with Gasteiger partial charge in [-0.15, -0.1) is 0 Å². The minimum Gasteiger partial charge on any atom is -0.369 e. The van der Waals surface area contributed by atoms with Gasteiger partial charge in [0, 0.05) is 35.5 Å². The number of fused-ring (bicyclic) bond motifs is 3. The Morgan fingerprint density at radius 3 is 2.69 bits per heavy atom. The number of H-pyrrole nitrogens is 1. The van der Waals surface area contributed by atoms with Crippen molar-refractivity contribution in [3.63, 3.8) is 0 Å². The number of amides is 2. The number of carbonyl (C=O) groups excluding carboxylic acids is 2. The number of primary amides is 1. The average molecular weight is 371 g/mol. The second-order valence-corrected chi connectivity index (χ2v) is 7.82. The van der Waals surface area contributed by atoms with Crippen LogP contribution < -0.4 is 5.73 Å². The summed E-state index contributed by atoms with van der Waals surface area (Å²) in [6, 6.07) is 5.48. The number of hydrogen-bond acceptors (Lipinski definition) is 3. The van der Waals surface area contributed by atoms with Crippen LogP contribution in [0.15, 0.2) is 30.6 Å². The van der Waals surface area contributed by atoms with Crippen LogP contribution in [0, 0.1) is 0 Å². The molecule has 6 nitrogen and oxygen atoms in total. The van der Waals surface area contributed by atoms with Gasteiger partial charge in [-0.25, -0.2) is 0 Å². The van der Waals surface area contributed by atoms with Gasteiger partial charge >= 0.3 is 0 Å². The highest BCUT2D eigenvalue weighted by Gasteiger charge is 2.61. The van der Waals surface area contributed by atoms with Gasteiger partial charge in [0.1, 0.15) is 5.41 Å². The lowest BCUT2D eigenvalue weighted by molar-refractivity contribution is -0.128. The van der Waals surface area contributed by atoms with Crippen molar-refractivity contribution in [3.8, 4) is 0 Å². The van der Waals surface area contributed by atoms with Gasteiger partial charge in [0.2, 0.25) is 11.8 Å². The molecule has 1 aliphatic heterocycles. The van der Waals surface area contributed by atoms with Crippen LogP contribution in [-0.2, 0) is 15.0 Å². The van der Waals surface area contributed by atoms with Crippen LogP contribution in [0.1, 0.15) is 25.8 Å². The van der Waals surface area contributed by atoms with E-state index in [1.807, 2.05) is 26.0 Å². The summed E-state index contributed by atoms with van der Waals surface area (Å²) < 4.78 is 0. The molecular formula is C19H19ClN4O2. The van der Waals surface area contributed by atoms with Crippen LogP contribution in [0.3, 0.4) is 0 Å². The summed E-state index contributed by atoms with van der Waals surface area (Å²) in [6.07, 6.45) is 3.44. The summed E-state index contributed by atoms with van der Waals surface area (Å²) in [7, 11) is 1.70. The number of nitrogens with zero attached hydrogens (tertiary/aromatic N) is 2. The number of rotatable bonds is 2. The number of nitrogens with two attached hydrogens (primary N) is 1. The fourth-order valence-electron chi connectivity index (χ4n) is 4.26. The zero-order valence-corrected chi connectivity index (χ0v) is 15.5. The predicted molar refractivity (Wildman–Crippen MR) is 101 cm³/mol. The molecule has 0 spiro atoms. The zero-order valence-electron chi connectivity index (χ0n) is 14.8. The monoisotopic (exact) mass is 370 g/mol. The van der Waals surface area contributed by atoms with E-state index in [2.05, 4.69) is 9.97 Å². The lowest BCUT2D eigenvalue weighted by atomic mass is 9.66. The Morgan fingerprint density at radius 1 is 1.35 bits per heavy atom. The maximum absolute atomic E-state index is 12.8. The topological polar surface area (TPSA) is 92.1 Å². The quantitative estimate of drug-likeness (QED) is 0.726. The van der Waals surface area contributed by atoms with E-state index in [-0.39, 0.29) is 12.3 Å². The van der Waals surface area contributed by atoms with Crippen LogP contribution >= 0.6 is 11.6 Å². The van der Waals surface area contributed by atoms with Gasteiger partial charge in [-0.05, 0) is 37.6 Å². The Kier molecular flexibility index (Phi) is 3.37. The molecule has 1 saturated heterocycles. The summed E-state index contributed by atoms with van der Waals surface area (Å²) in [4.78, 5) is 34.4. The van der Waals surface area contributed by atoms with Gasteiger partial charge in [-0.3, -0.25) is 14.6 Å². The van der Waals surface area contributed by atoms with Crippen LogP contribution in [-0.4, -0.2) is 39.3 Å². The molecule has 3 N–H and O–H groups in total. The summed E-state index contributed by atoms with van der Waals surface area (Å²) in [5.41, 5.74) is 6.15. The van der Waals surface area contributed by atoms with Gasteiger partial charge in [0.25, 0.3) is 0 Å². The largest absolute Gasteiger partial charge is 0.369 e. The average Bonchev–Trinajstić information content (AvgIpc) is 3.03. The second-order valence-electron chi connectivity index (χ2n) is 7.38. The van der Waals surface area contributed by atoms with E-state index < -0.39 is 16.9 Å². The van der Waals surface area contributed by atoms with E-state index in [1.54, 1.807) is 30.4 Å². The standard InChI is InChI=1S/C19H19ClN4O2/c1-18(2)19(17(21)26,8-15(25)24(18)3)13-7-10(20)6-12-11-4-5-22-9-14(11)23-16(12)13/h4-7,9,23H,8H2,1-3H3,(H2,21,26). The molecule has 0 radical (unpaired) electrons. The first kappa shape index (κ1) is 16.8. The molecule has 0 saturated carbocycles. The van der Waals surface area contributed by atoms with Crippen LogP contribution in [0.2, 0.25) is 5.02 Å². The third-order valence-electron chi connectivity index (χ3n) is 6.03. The van der Waals surface area contributed by atoms with Crippen molar-refractivity contribution in [2.45, 2.75) is 31.2 Å². The lowest BCUT2D eigenvalue weighted by Crippen LogP contribution is -2.57. The maximum atomic E-state index is 12.8. The van der Waals surface area contributed by atoms with E-state index in [9.17, 15) is 9.59 Å². The summed E-state index contributed by atoms with van der Waals surface area (Å²) >= 11 is 6.41. The zero-order chi connectivity index (χ0) is 18.9. The third-order valence-corrected chi connectivity index (χ3v) is 6.25. The number of benzene rings is 1. The smallest absolute Gasteiger partial charge is 0.231 e. The SMILES string of the molecule is CN1C(=O)CC(C(N)=O)(c2cc(Cl)cc3c2[nH]c2cnccc23)C1(C)C. The van der Waals surface area contributed by atoms with Crippen molar-refractivity contribution in [1.82, 2.24) is 14.9 Å². The highest BCUT2D eigenvalue weighted by Crippen LogP contribution is 2.50. The Balaban J connectivity index is 2.16. The molecule has 3 aromatic rings. The number of likely N-dealkylation sites (tertiary alicyclic amines) is 1. The molecule has 0 aliphatic carbocycles. The van der Waals surface area contributed by atoms with Crippen LogP contribution in [0.5, 0.6) is 0 Å². The molecule has 134 valence electrons. The minimum atomic E-state index is -1.20. The molecule has 2 amide bonds. The predicted octanol–water partition coefficient (Wildman–Crippen LogP) is 2.73. The van der Waals surface area contributed by atoms with E-state index in [1.165, 1.54) is 0 Å². The Labute approximate surface area is 155 Å². The van der Waals surface area contributed by atoms with E-state index in [0.717, 1.165) is 21.8 Å². The molecule has 0 bridgehead atoms. The molecular weight excluding hydrogens is 352 g/mol.